The van der Waals surface area contributed by atoms with Crippen molar-refractivity contribution in [3.05, 3.63) is 35.4 Å². The molecule has 2 atom stereocenters. The lowest BCUT2D eigenvalue weighted by atomic mass is 10.0. The molecule has 0 aliphatic carbocycles. The number of nitrogens with zero attached hydrogens (tertiary/aromatic N) is 3. The SMILES string of the molecule is CCSC(N=C(N)C1=NC(C)c2ccccc21)N1CCCNCC1. The first-order valence-corrected chi connectivity index (χ1v) is 9.82. The first kappa shape index (κ1) is 17.5. The molecule has 1 fully saturated rings. The molecule has 0 bridgehead atoms. The van der Waals surface area contributed by atoms with Gasteiger partial charge in [-0.2, -0.15) is 0 Å². The van der Waals surface area contributed by atoms with Gasteiger partial charge in [-0.15, -0.1) is 11.8 Å². The highest BCUT2D eigenvalue weighted by atomic mass is 32.2. The van der Waals surface area contributed by atoms with E-state index in [4.69, 9.17) is 15.7 Å². The molecule has 3 N–H and O–H groups in total. The summed E-state index contributed by atoms with van der Waals surface area (Å²) >= 11 is 1.84. The first-order chi connectivity index (χ1) is 11.7. The third kappa shape index (κ3) is 3.82. The molecule has 2 aliphatic heterocycles. The minimum Gasteiger partial charge on any atom is -0.382 e. The molecule has 0 aromatic heterocycles. The predicted octanol–water partition coefficient (Wildman–Crippen LogP) is 2.24. The fourth-order valence-electron chi connectivity index (χ4n) is 3.25. The number of thioether (sulfide) groups is 1. The molecule has 0 amide bonds. The molecule has 1 saturated heterocycles. The smallest absolute Gasteiger partial charge is 0.151 e. The highest BCUT2D eigenvalue weighted by Crippen LogP contribution is 2.29. The van der Waals surface area contributed by atoms with Crippen LogP contribution in [-0.4, -0.2) is 53.9 Å². The van der Waals surface area contributed by atoms with Crippen molar-refractivity contribution in [2.24, 2.45) is 15.7 Å². The van der Waals surface area contributed by atoms with Crippen LogP contribution in [-0.2, 0) is 0 Å². The van der Waals surface area contributed by atoms with E-state index < -0.39 is 0 Å². The highest BCUT2D eigenvalue weighted by Gasteiger charge is 2.25. The summed E-state index contributed by atoms with van der Waals surface area (Å²) < 4.78 is 0. The van der Waals surface area contributed by atoms with Crippen LogP contribution in [0.4, 0.5) is 0 Å². The molecule has 1 aromatic carbocycles. The molecular weight excluding hydrogens is 318 g/mol. The maximum absolute atomic E-state index is 6.40. The zero-order valence-corrected chi connectivity index (χ0v) is 15.4. The van der Waals surface area contributed by atoms with E-state index in [1.54, 1.807) is 0 Å². The average Bonchev–Trinajstić information content (AvgIpc) is 2.77. The first-order valence-electron chi connectivity index (χ1n) is 8.77. The van der Waals surface area contributed by atoms with Crippen molar-refractivity contribution in [2.75, 3.05) is 31.9 Å². The Hall–Kier alpha value is -1.37. The van der Waals surface area contributed by atoms with E-state index in [9.17, 15) is 0 Å². The zero-order chi connectivity index (χ0) is 16.9. The van der Waals surface area contributed by atoms with Crippen molar-refractivity contribution in [1.82, 2.24) is 10.2 Å². The van der Waals surface area contributed by atoms with E-state index in [1.807, 2.05) is 17.8 Å². The molecule has 3 rings (SSSR count). The molecule has 0 spiro atoms. The summed E-state index contributed by atoms with van der Waals surface area (Å²) in [6.45, 7) is 8.43. The monoisotopic (exact) mass is 345 g/mol. The van der Waals surface area contributed by atoms with E-state index in [-0.39, 0.29) is 11.5 Å². The Bertz CT molecular complexity index is 620. The third-order valence-corrected chi connectivity index (χ3v) is 5.52. The molecule has 2 aliphatic rings. The van der Waals surface area contributed by atoms with Crippen molar-refractivity contribution < 1.29 is 0 Å². The van der Waals surface area contributed by atoms with E-state index in [1.165, 1.54) is 5.56 Å². The molecule has 2 heterocycles. The maximum Gasteiger partial charge on any atom is 0.151 e. The fourth-order valence-corrected chi connectivity index (χ4v) is 4.16. The number of hydrogen-bond acceptors (Lipinski definition) is 5. The molecule has 130 valence electrons. The number of amidine groups is 1. The Balaban J connectivity index is 1.83. The summed E-state index contributed by atoms with van der Waals surface area (Å²) in [6, 6.07) is 8.48. The fraction of sp³-hybridized carbons (Fsp3) is 0.556. The van der Waals surface area contributed by atoms with Gasteiger partial charge in [0.1, 0.15) is 11.5 Å². The molecular formula is C18H27N5S. The molecule has 24 heavy (non-hydrogen) atoms. The Morgan fingerprint density at radius 1 is 1.42 bits per heavy atom. The largest absolute Gasteiger partial charge is 0.382 e. The normalized spacial score (nSPS) is 23.5. The molecule has 1 aromatic rings. The van der Waals surface area contributed by atoms with Crippen molar-refractivity contribution >= 4 is 23.3 Å². The van der Waals surface area contributed by atoms with Crippen molar-refractivity contribution in [2.45, 2.75) is 31.8 Å². The van der Waals surface area contributed by atoms with Gasteiger partial charge in [-0.3, -0.25) is 9.89 Å². The molecule has 5 nitrogen and oxygen atoms in total. The maximum atomic E-state index is 6.40. The van der Waals surface area contributed by atoms with Crippen LogP contribution < -0.4 is 11.1 Å². The summed E-state index contributed by atoms with van der Waals surface area (Å²) in [4.78, 5) is 12.0. The van der Waals surface area contributed by atoms with Crippen LogP contribution in [0.5, 0.6) is 0 Å². The van der Waals surface area contributed by atoms with Crippen LogP contribution in [0, 0.1) is 0 Å². The second kappa shape index (κ2) is 8.14. The zero-order valence-electron chi connectivity index (χ0n) is 14.5. The Morgan fingerprint density at radius 2 is 2.25 bits per heavy atom. The van der Waals surface area contributed by atoms with E-state index >= 15 is 0 Å². The summed E-state index contributed by atoms with van der Waals surface area (Å²) in [5.74, 6) is 1.58. The van der Waals surface area contributed by atoms with Crippen LogP contribution >= 0.6 is 11.8 Å². The quantitative estimate of drug-likeness (QED) is 0.634. The number of fused-ring (bicyclic) bond motifs is 1. The second-order valence-corrected chi connectivity index (χ2v) is 7.51. The minimum atomic E-state index is 0.0701. The number of nitrogens with one attached hydrogen (secondary N) is 1. The van der Waals surface area contributed by atoms with Crippen LogP contribution in [0.1, 0.15) is 37.4 Å². The molecule has 6 heteroatoms. The van der Waals surface area contributed by atoms with E-state index in [0.717, 1.165) is 49.6 Å². The van der Waals surface area contributed by atoms with Crippen LogP contribution in [0.3, 0.4) is 0 Å². The molecule has 0 saturated carbocycles. The van der Waals surface area contributed by atoms with Crippen LogP contribution in [0.2, 0.25) is 0 Å². The lowest BCUT2D eigenvalue weighted by molar-refractivity contribution is 0.279. The number of aliphatic imine (C=N–C) groups is 2. The number of benzene rings is 1. The highest BCUT2D eigenvalue weighted by molar-refractivity contribution is 7.99. The minimum absolute atomic E-state index is 0.0701. The standard InChI is InChI=1S/C18H27N5S/c1-3-24-18(23-11-6-9-20-10-12-23)22-17(19)16-15-8-5-4-7-14(15)13(2)21-16/h4-5,7-8,13,18,20H,3,6,9-12H2,1-2H3,(H2,19,22). The van der Waals surface area contributed by atoms with Crippen molar-refractivity contribution in [3.8, 4) is 0 Å². The average molecular weight is 346 g/mol. The number of nitrogens with two attached hydrogens (primary N) is 1. The molecule has 2 unspecified atom stereocenters. The molecule has 0 radical (unpaired) electrons. The van der Waals surface area contributed by atoms with Gasteiger partial charge in [0.25, 0.3) is 0 Å². The second-order valence-electron chi connectivity index (χ2n) is 6.18. The van der Waals surface area contributed by atoms with Crippen LogP contribution in [0.15, 0.2) is 34.3 Å². The van der Waals surface area contributed by atoms with Gasteiger partial charge < -0.3 is 11.1 Å². The number of rotatable bonds is 5. The number of hydrogen-bond donors (Lipinski definition) is 2. The van der Waals surface area contributed by atoms with Gasteiger partial charge in [0.2, 0.25) is 0 Å². The van der Waals surface area contributed by atoms with Gasteiger partial charge in [0.15, 0.2) is 5.50 Å². The van der Waals surface area contributed by atoms with Crippen LogP contribution in [0.25, 0.3) is 0 Å². The summed E-state index contributed by atoms with van der Waals surface area (Å²) in [6.07, 6.45) is 1.15. The predicted molar refractivity (Wildman–Crippen MR) is 104 cm³/mol. The van der Waals surface area contributed by atoms with Gasteiger partial charge >= 0.3 is 0 Å². The van der Waals surface area contributed by atoms with Gasteiger partial charge in [0.05, 0.1) is 6.04 Å². The van der Waals surface area contributed by atoms with Crippen molar-refractivity contribution in [3.63, 3.8) is 0 Å². The van der Waals surface area contributed by atoms with E-state index in [0.29, 0.717) is 5.84 Å². The van der Waals surface area contributed by atoms with E-state index in [2.05, 4.69) is 42.3 Å². The lowest BCUT2D eigenvalue weighted by Crippen LogP contribution is -2.37. The Kier molecular flexibility index (Phi) is 5.92. The topological polar surface area (TPSA) is 66.0 Å². The van der Waals surface area contributed by atoms with Gasteiger partial charge in [-0.25, -0.2) is 4.99 Å². The van der Waals surface area contributed by atoms with Gasteiger partial charge in [0, 0.05) is 25.2 Å². The Labute approximate surface area is 148 Å². The summed E-state index contributed by atoms with van der Waals surface area (Å²) in [5.41, 5.74) is 9.69. The van der Waals surface area contributed by atoms with Gasteiger partial charge in [-0.05, 0) is 31.2 Å². The van der Waals surface area contributed by atoms with Gasteiger partial charge in [-0.1, -0.05) is 31.2 Å². The summed E-state index contributed by atoms with van der Waals surface area (Å²) in [7, 11) is 0. The summed E-state index contributed by atoms with van der Waals surface area (Å²) in [5, 5.41) is 3.45. The third-order valence-electron chi connectivity index (χ3n) is 4.48. The lowest BCUT2D eigenvalue weighted by Gasteiger charge is -2.26. The Morgan fingerprint density at radius 3 is 3.08 bits per heavy atom. The van der Waals surface area contributed by atoms with Crippen molar-refractivity contribution in [1.29, 1.82) is 0 Å².